The standard InChI is InChI=1S/C26H33N3O4/c30-23(28-33)8-2-1-5-9-29-16-21(24(31)20-6-3-4-7-22(20)29)25(32)27-26-13-17-10-18(14-26)12-19(11-17)15-26/h3-4,6-7,16-19,33H,1-2,5,8-15H2,(H,27,32)(H,28,30). The topological polar surface area (TPSA) is 100 Å². The van der Waals surface area contributed by atoms with Gasteiger partial charge >= 0.3 is 0 Å². The average Bonchev–Trinajstić information content (AvgIpc) is 2.78. The van der Waals surface area contributed by atoms with Crippen LogP contribution in [0.2, 0.25) is 0 Å². The van der Waals surface area contributed by atoms with Crippen LogP contribution in [0.3, 0.4) is 0 Å². The van der Waals surface area contributed by atoms with Crippen molar-refractivity contribution in [3.63, 3.8) is 0 Å². The fourth-order valence-electron chi connectivity index (χ4n) is 7.06. The van der Waals surface area contributed by atoms with Crippen molar-refractivity contribution in [3.8, 4) is 0 Å². The summed E-state index contributed by atoms with van der Waals surface area (Å²) in [6.07, 6.45) is 11.3. The fourth-order valence-corrected chi connectivity index (χ4v) is 7.06. The zero-order valence-corrected chi connectivity index (χ0v) is 19.0. The molecule has 176 valence electrons. The molecule has 0 spiro atoms. The van der Waals surface area contributed by atoms with Gasteiger partial charge in [-0.1, -0.05) is 18.6 Å². The zero-order valence-electron chi connectivity index (χ0n) is 19.0. The quantitative estimate of drug-likeness (QED) is 0.323. The molecule has 33 heavy (non-hydrogen) atoms. The Morgan fingerprint density at radius 1 is 1.00 bits per heavy atom. The SMILES string of the molecule is O=C(CCCCCn1cc(C(=O)NC23CC4CC(CC(C4)C2)C3)c(=O)c2ccccc21)NO. The van der Waals surface area contributed by atoms with Gasteiger partial charge in [-0.2, -0.15) is 0 Å². The highest BCUT2D eigenvalue weighted by atomic mass is 16.5. The molecule has 0 saturated heterocycles. The molecule has 0 atom stereocenters. The molecule has 4 saturated carbocycles. The summed E-state index contributed by atoms with van der Waals surface area (Å²) >= 11 is 0. The molecule has 2 amide bonds. The van der Waals surface area contributed by atoms with Gasteiger partial charge in [-0.25, -0.2) is 5.48 Å². The maximum atomic E-state index is 13.4. The third-order valence-electron chi connectivity index (χ3n) is 8.08. The fraction of sp³-hybridized carbons (Fsp3) is 0.577. The first-order chi connectivity index (χ1) is 16.0. The number of carbonyl (C=O) groups is 2. The number of nitrogens with zero attached hydrogens (tertiary/aromatic N) is 1. The van der Waals surface area contributed by atoms with Gasteiger partial charge in [0.15, 0.2) is 0 Å². The molecular weight excluding hydrogens is 418 g/mol. The number of hydrogen-bond donors (Lipinski definition) is 3. The van der Waals surface area contributed by atoms with E-state index in [0.29, 0.717) is 18.4 Å². The summed E-state index contributed by atoms with van der Waals surface area (Å²) in [7, 11) is 0. The lowest BCUT2D eigenvalue weighted by Gasteiger charge is -2.56. The Morgan fingerprint density at radius 2 is 1.67 bits per heavy atom. The summed E-state index contributed by atoms with van der Waals surface area (Å²) in [6, 6.07) is 7.44. The average molecular weight is 452 g/mol. The summed E-state index contributed by atoms with van der Waals surface area (Å²) in [5.74, 6) is 1.54. The number of aryl methyl sites for hydroxylation is 1. The van der Waals surface area contributed by atoms with Gasteiger partial charge in [-0.05, 0) is 81.3 Å². The van der Waals surface area contributed by atoms with Crippen molar-refractivity contribution in [2.24, 2.45) is 17.8 Å². The second-order valence-electron chi connectivity index (χ2n) is 10.6. The maximum absolute atomic E-state index is 13.4. The van der Waals surface area contributed by atoms with Gasteiger partial charge in [0.05, 0.1) is 5.52 Å². The number of benzene rings is 1. The normalized spacial score (nSPS) is 27.6. The van der Waals surface area contributed by atoms with E-state index in [-0.39, 0.29) is 34.8 Å². The largest absolute Gasteiger partial charge is 0.346 e. The smallest absolute Gasteiger partial charge is 0.257 e. The molecule has 0 unspecified atom stereocenters. The number of fused-ring (bicyclic) bond motifs is 1. The van der Waals surface area contributed by atoms with Crippen LogP contribution in [0.5, 0.6) is 0 Å². The second-order valence-corrected chi connectivity index (χ2v) is 10.6. The molecule has 4 aliphatic carbocycles. The molecule has 6 rings (SSSR count). The van der Waals surface area contributed by atoms with Crippen molar-refractivity contribution < 1.29 is 14.8 Å². The first-order valence-corrected chi connectivity index (χ1v) is 12.3. The molecule has 7 nitrogen and oxygen atoms in total. The number of pyridine rings is 1. The number of nitrogens with one attached hydrogen (secondary N) is 2. The number of carbonyl (C=O) groups excluding carboxylic acids is 2. The van der Waals surface area contributed by atoms with E-state index in [2.05, 4.69) is 5.32 Å². The minimum atomic E-state index is -0.382. The molecule has 3 N–H and O–H groups in total. The van der Waals surface area contributed by atoms with E-state index in [4.69, 9.17) is 5.21 Å². The molecule has 1 aromatic heterocycles. The van der Waals surface area contributed by atoms with Crippen molar-refractivity contribution in [2.75, 3.05) is 0 Å². The molecule has 4 aliphatic rings. The molecular formula is C26H33N3O4. The molecule has 0 aliphatic heterocycles. The number of hydroxylamine groups is 1. The Kier molecular flexibility index (Phi) is 5.99. The second kappa shape index (κ2) is 8.93. The predicted molar refractivity (Wildman–Crippen MR) is 125 cm³/mol. The molecule has 0 radical (unpaired) electrons. The van der Waals surface area contributed by atoms with Crippen molar-refractivity contribution in [1.29, 1.82) is 0 Å². The van der Waals surface area contributed by atoms with E-state index < -0.39 is 0 Å². The monoisotopic (exact) mass is 451 g/mol. The van der Waals surface area contributed by atoms with E-state index >= 15 is 0 Å². The third kappa shape index (κ3) is 4.43. The molecule has 1 heterocycles. The third-order valence-corrected chi connectivity index (χ3v) is 8.08. The first kappa shape index (κ1) is 22.1. The van der Waals surface area contributed by atoms with Crippen molar-refractivity contribution >= 4 is 22.7 Å². The summed E-state index contributed by atoms with van der Waals surface area (Å²) in [6.45, 7) is 0.652. The highest BCUT2D eigenvalue weighted by Gasteiger charge is 2.51. The van der Waals surface area contributed by atoms with Crippen LogP contribution >= 0.6 is 0 Å². The number of hydrogen-bond acceptors (Lipinski definition) is 4. The van der Waals surface area contributed by atoms with Crippen molar-refractivity contribution in [1.82, 2.24) is 15.4 Å². The van der Waals surface area contributed by atoms with Gasteiger partial charge in [0.25, 0.3) is 5.91 Å². The van der Waals surface area contributed by atoms with Crippen LogP contribution in [-0.4, -0.2) is 27.1 Å². The van der Waals surface area contributed by atoms with Crippen molar-refractivity contribution in [2.45, 2.75) is 76.3 Å². The van der Waals surface area contributed by atoms with E-state index in [0.717, 1.165) is 55.4 Å². The molecule has 2 aromatic rings. The Labute approximate surface area is 193 Å². The van der Waals surface area contributed by atoms with Crippen LogP contribution in [0.1, 0.15) is 74.6 Å². The van der Waals surface area contributed by atoms with Crippen LogP contribution < -0.4 is 16.2 Å². The highest BCUT2D eigenvalue weighted by molar-refractivity contribution is 5.97. The lowest BCUT2D eigenvalue weighted by atomic mass is 9.53. The van der Waals surface area contributed by atoms with Crippen LogP contribution in [0.15, 0.2) is 35.3 Å². The number of rotatable bonds is 8. The molecule has 4 bridgehead atoms. The van der Waals surface area contributed by atoms with Gasteiger partial charge in [0, 0.05) is 30.1 Å². The minimum absolute atomic E-state index is 0.137. The zero-order chi connectivity index (χ0) is 23.0. The Balaban J connectivity index is 1.35. The van der Waals surface area contributed by atoms with Gasteiger partial charge < -0.3 is 9.88 Å². The number of unbranched alkanes of at least 4 members (excludes halogenated alkanes) is 2. The van der Waals surface area contributed by atoms with Crippen LogP contribution in [-0.2, 0) is 11.3 Å². The number of para-hydroxylation sites is 1. The van der Waals surface area contributed by atoms with Crippen molar-refractivity contribution in [3.05, 3.63) is 46.2 Å². The summed E-state index contributed by atoms with van der Waals surface area (Å²) in [5, 5.41) is 12.5. The van der Waals surface area contributed by atoms with Gasteiger partial charge in [0.2, 0.25) is 11.3 Å². The van der Waals surface area contributed by atoms with E-state index in [1.54, 1.807) is 17.7 Å². The number of aromatic nitrogens is 1. The molecule has 1 aromatic carbocycles. The van der Waals surface area contributed by atoms with Crippen LogP contribution in [0, 0.1) is 17.8 Å². The summed E-state index contributed by atoms with van der Waals surface area (Å²) < 4.78 is 2.00. The number of amides is 2. The Bertz CT molecular complexity index is 1090. The van der Waals surface area contributed by atoms with Gasteiger partial charge in [0.1, 0.15) is 5.56 Å². The Hall–Kier alpha value is -2.67. The lowest BCUT2D eigenvalue weighted by Crippen LogP contribution is -2.60. The van der Waals surface area contributed by atoms with Gasteiger partial charge in [-0.15, -0.1) is 0 Å². The summed E-state index contributed by atoms with van der Waals surface area (Å²) in [5.41, 5.74) is 2.36. The Morgan fingerprint density at radius 3 is 2.33 bits per heavy atom. The molecule has 4 fully saturated rings. The summed E-state index contributed by atoms with van der Waals surface area (Å²) in [4.78, 5) is 37.9. The van der Waals surface area contributed by atoms with E-state index in [1.807, 2.05) is 22.8 Å². The van der Waals surface area contributed by atoms with Crippen LogP contribution in [0.25, 0.3) is 10.9 Å². The minimum Gasteiger partial charge on any atom is -0.346 e. The first-order valence-electron chi connectivity index (χ1n) is 12.3. The predicted octanol–water partition coefficient (Wildman–Crippen LogP) is 3.77. The molecule has 7 heteroatoms. The highest BCUT2D eigenvalue weighted by Crippen LogP contribution is 2.55. The van der Waals surface area contributed by atoms with E-state index in [1.165, 1.54) is 19.3 Å². The van der Waals surface area contributed by atoms with Gasteiger partial charge in [-0.3, -0.25) is 19.6 Å². The van der Waals surface area contributed by atoms with E-state index in [9.17, 15) is 14.4 Å². The maximum Gasteiger partial charge on any atom is 0.257 e. The lowest BCUT2D eigenvalue weighted by molar-refractivity contribution is -0.129. The van der Waals surface area contributed by atoms with Crippen LogP contribution in [0.4, 0.5) is 0 Å².